The maximum Gasteiger partial charge on any atom is 0.220 e. The molecule has 0 saturated carbocycles. The van der Waals surface area contributed by atoms with E-state index >= 15 is 0 Å². The Labute approximate surface area is 128 Å². The number of piperidine rings is 1. The van der Waals surface area contributed by atoms with Crippen LogP contribution in [0.3, 0.4) is 0 Å². The van der Waals surface area contributed by atoms with Gasteiger partial charge in [-0.2, -0.15) is 0 Å². The molecule has 0 aliphatic carbocycles. The highest BCUT2D eigenvalue weighted by molar-refractivity contribution is 5.76. The molecule has 0 aromatic heterocycles. The molecule has 0 bridgehead atoms. The zero-order valence-electron chi connectivity index (χ0n) is 13.3. The van der Waals surface area contributed by atoms with Crippen LogP contribution < -0.4 is 5.32 Å². The van der Waals surface area contributed by atoms with Gasteiger partial charge in [0.2, 0.25) is 5.91 Å². The number of carbonyl (C=O) groups excluding carboxylic acids is 1. The number of rotatable bonds is 6. The van der Waals surface area contributed by atoms with Gasteiger partial charge in [0.25, 0.3) is 0 Å². The molecule has 2 rings (SSSR count). The smallest absolute Gasteiger partial charge is 0.220 e. The van der Waals surface area contributed by atoms with Crippen LogP contribution in [0.25, 0.3) is 0 Å². The normalized spacial score (nSPS) is 19.7. The Bertz CT molecular complexity index is 430. The minimum Gasteiger partial charge on any atom is -0.356 e. The molecule has 0 radical (unpaired) electrons. The van der Waals surface area contributed by atoms with Crippen LogP contribution in [0.1, 0.15) is 38.7 Å². The maximum absolute atomic E-state index is 11.7. The van der Waals surface area contributed by atoms with Crippen molar-refractivity contribution in [1.29, 1.82) is 0 Å². The highest BCUT2D eigenvalue weighted by atomic mass is 16.1. The van der Waals surface area contributed by atoms with Crippen LogP contribution in [0.15, 0.2) is 30.3 Å². The van der Waals surface area contributed by atoms with Crippen molar-refractivity contribution < 1.29 is 4.79 Å². The van der Waals surface area contributed by atoms with E-state index in [9.17, 15) is 4.79 Å². The van der Waals surface area contributed by atoms with Crippen LogP contribution >= 0.6 is 0 Å². The van der Waals surface area contributed by atoms with Crippen LogP contribution in [0.4, 0.5) is 0 Å². The number of nitrogens with zero attached hydrogens (tertiary/aromatic N) is 1. The molecule has 1 aromatic rings. The van der Waals surface area contributed by atoms with Crippen molar-refractivity contribution in [2.75, 3.05) is 19.6 Å². The zero-order valence-corrected chi connectivity index (χ0v) is 13.3. The molecule has 1 amide bonds. The monoisotopic (exact) mass is 288 g/mol. The summed E-state index contributed by atoms with van der Waals surface area (Å²) in [6, 6.07) is 10.6. The second kappa shape index (κ2) is 8.18. The minimum atomic E-state index is 0.199. The molecule has 1 N–H and O–H groups in total. The number of carbonyl (C=O) groups is 1. The second-order valence-electron chi connectivity index (χ2n) is 6.63. The van der Waals surface area contributed by atoms with Crippen molar-refractivity contribution in [3.8, 4) is 0 Å². The largest absolute Gasteiger partial charge is 0.356 e. The van der Waals surface area contributed by atoms with E-state index < -0.39 is 0 Å². The summed E-state index contributed by atoms with van der Waals surface area (Å²) in [5.74, 6) is 1.23. The van der Waals surface area contributed by atoms with Crippen LogP contribution in [0.2, 0.25) is 0 Å². The number of amides is 1. The first-order valence-electron chi connectivity index (χ1n) is 8.16. The predicted octanol–water partition coefficient (Wildman–Crippen LogP) is 3.06. The van der Waals surface area contributed by atoms with Crippen molar-refractivity contribution in [2.24, 2.45) is 11.8 Å². The van der Waals surface area contributed by atoms with E-state index in [0.717, 1.165) is 19.6 Å². The molecular weight excluding hydrogens is 260 g/mol. The fourth-order valence-electron chi connectivity index (χ4n) is 3.00. The first kappa shape index (κ1) is 16.0. The zero-order chi connectivity index (χ0) is 15.1. The summed E-state index contributed by atoms with van der Waals surface area (Å²) >= 11 is 0. The third-order valence-electron chi connectivity index (χ3n) is 4.03. The summed E-state index contributed by atoms with van der Waals surface area (Å²) in [5.41, 5.74) is 1.38. The average Bonchev–Trinajstić information content (AvgIpc) is 2.46. The van der Waals surface area contributed by atoms with Gasteiger partial charge >= 0.3 is 0 Å². The predicted molar refractivity (Wildman–Crippen MR) is 86.9 cm³/mol. The van der Waals surface area contributed by atoms with E-state index in [0.29, 0.717) is 18.3 Å². The Balaban J connectivity index is 1.74. The number of nitrogens with one attached hydrogen (secondary N) is 1. The van der Waals surface area contributed by atoms with E-state index in [1.165, 1.54) is 24.9 Å². The van der Waals surface area contributed by atoms with Gasteiger partial charge in [-0.15, -0.1) is 0 Å². The number of benzene rings is 1. The lowest BCUT2D eigenvalue weighted by atomic mass is 9.97. The third-order valence-corrected chi connectivity index (χ3v) is 4.03. The van der Waals surface area contributed by atoms with E-state index in [1.54, 1.807) is 0 Å². The highest BCUT2D eigenvalue weighted by Crippen LogP contribution is 2.18. The quantitative estimate of drug-likeness (QED) is 0.872. The fraction of sp³-hybridized carbons (Fsp3) is 0.611. The summed E-state index contributed by atoms with van der Waals surface area (Å²) in [7, 11) is 0. The highest BCUT2D eigenvalue weighted by Gasteiger charge is 2.20. The van der Waals surface area contributed by atoms with Gasteiger partial charge < -0.3 is 5.32 Å². The van der Waals surface area contributed by atoms with Crippen molar-refractivity contribution in [2.45, 2.75) is 39.7 Å². The number of hydrogen-bond donors (Lipinski definition) is 1. The molecule has 3 heteroatoms. The topological polar surface area (TPSA) is 32.3 Å². The van der Waals surface area contributed by atoms with Crippen LogP contribution in [-0.2, 0) is 11.3 Å². The van der Waals surface area contributed by atoms with Crippen molar-refractivity contribution >= 4 is 5.91 Å². The Morgan fingerprint density at radius 2 is 2.10 bits per heavy atom. The molecule has 1 fully saturated rings. The number of likely N-dealkylation sites (tertiary alicyclic amines) is 1. The Hall–Kier alpha value is -1.35. The second-order valence-corrected chi connectivity index (χ2v) is 6.63. The molecule has 21 heavy (non-hydrogen) atoms. The molecule has 0 spiro atoms. The summed E-state index contributed by atoms with van der Waals surface area (Å²) in [6.07, 6.45) is 3.10. The summed E-state index contributed by atoms with van der Waals surface area (Å²) in [4.78, 5) is 14.3. The molecule has 1 saturated heterocycles. The van der Waals surface area contributed by atoms with E-state index in [4.69, 9.17) is 0 Å². The molecule has 1 atom stereocenters. The van der Waals surface area contributed by atoms with E-state index in [2.05, 4.69) is 54.4 Å². The van der Waals surface area contributed by atoms with Gasteiger partial charge in [0.05, 0.1) is 0 Å². The Kier molecular flexibility index (Phi) is 6.24. The summed E-state index contributed by atoms with van der Waals surface area (Å²) in [6.45, 7) is 8.29. The van der Waals surface area contributed by atoms with Crippen LogP contribution in [-0.4, -0.2) is 30.4 Å². The van der Waals surface area contributed by atoms with Gasteiger partial charge in [-0.05, 0) is 36.8 Å². The molecule has 1 aliphatic heterocycles. The fourth-order valence-corrected chi connectivity index (χ4v) is 3.00. The minimum absolute atomic E-state index is 0.199. The SMILES string of the molecule is CC(C)CC(=O)NCC1CCCN(Cc2ccccc2)C1. The van der Waals surface area contributed by atoms with Crippen LogP contribution in [0.5, 0.6) is 0 Å². The number of hydrogen-bond acceptors (Lipinski definition) is 2. The molecule has 1 aliphatic rings. The Morgan fingerprint density at radius 1 is 1.33 bits per heavy atom. The lowest BCUT2D eigenvalue weighted by Gasteiger charge is -2.32. The van der Waals surface area contributed by atoms with Gasteiger partial charge in [0.15, 0.2) is 0 Å². The Morgan fingerprint density at radius 3 is 2.81 bits per heavy atom. The van der Waals surface area contributed by atoms with E-state index in [-0.39, 0.29) is 5.91 Å². The first-order valence-corrected chi connectivity index (χ1v) is 8.16. The molecule has 1 aromatic carbocycles. The van der Waals surface area contributed by atoms with Gasteiger partial charge in [-0.1, -0.05) is 44.2 Å². The van der Waals surface area contributed by atoms with Crippen molar-refractivity contribution in [1.82, 2.24) is 10.2 Å². The van der Waals surface area contributed by atoms with E-state index in [1.807, 2.05) is 0 Å². The average molecular weight is 288 g/mol. The lowest BCUT2D eigenvalue weighted by Crippen LogP contribution is -2.40. The van der Waals surface area contributed by atoms with Crippen molar-refractivity contribution in [3.63, 3.8) is 0 Å². The molecule has 116 valence electrons. The van der Waals surface area contributed by atoms with Gasteiger partial charge in [-0.3, -0.25) is 9.69 Å². The first-order chi connectivity index (χ1) is 10.1. The summed E-state index contributed by atoms with van der Waals surface area (Å²) in [5, 5.41) is 3.10. The van der Waals surface area contributed by atoms with Gasteiger partial charge in [0, 0.05) is 26.1 Å². The lowest BCUT2D eigenvalue weighted by molar-refractivity contribution is -0.122. The summed E-state index contributed by atoms with van der Waals surface area (Å²) < 4.78 is 0. The van der Waals surface area contributed by atoms with Gasteiger partial charge in [-0.25, -0.2) is 0 Å². The van der Waals surface area contributed by atoms with Crippen LogP contribution in [0, 0.1) is 11.8 Å². The molecule has 3 nitrogen and oxygen atoms in total. The van der Waals surface area contributed by atoms with Crippen molar-refractivity contribution in [3.05, 3.63) is 35.9 Å². The molecular formula is C18H28N2O. The molecule has 1 heterocycles. The third kappa shape index (κ3) is 5.88. The van der Waals surface area contributed by atoms with Gasteiger partial charge in [0.1, 0.15) is 0 Å². The molecule has 1 unspecified atom stereocenters. The maximum atomic E-state index is 11.7. The standard InChI is InChI=1S/C18H28N2O/c1-15(2)11-18(21)19-12-17-9-6-10-20(14-17)13-16-7-4-3-5-8-16/h3-5,7-8,15,17H,6,9-14H2,1-2H3,(H,19,21).